The van der Waals surface area contributed by atoms with E-state index in [1.807, 2.05) is 31.3 Å². The van der Waals surface area contributed by atoms with E-state index in [4.69, 9.17) is 10.2 Å². The van der Waals surface area contributed by atoms with Crippen LogP contribution in [0.3, 0.4) is 0 Å². The molecule has 0 unspecified atom stereocenters. The third-order valence-corrected chi connectivity index (χ3v) is 2.02. The van der Waals surface area contributed by atoms with Crippen molar-refractivity contribution in [2.75, 3.05) is 0 Å². The zero-order valence-corrected chi connectivity index (χ0v) is 8.03. The summed E-state index contributed by atoms with van der Waals surface area (Å²) in [6.07, 6.45) is 3.60. The second-order valence-electron chi connectivity index (χ2n) is 3.22. The van der Waals surface area contributed by atoms with E-state index in [1.165, 1.54) is 0 Å². The molecule has 3 nitrogen and oxygen atoms in total. The number of nitrogens with zero attached hydrogens (tertiary/aromatic N) is 1. The van der Waals surface area contributed by atoms with Gasteiger partial charge in [0.2, 0.25) is 0 Å². The molecule has 0 amide bonds. The Morgan fingerprint density at radius 3 is 2.86 bits per heavy atom. The van der Waals surface area contributed by atoms with Gasteiger partial charge in [0.1, 0.15) is 11.5 Å². The number of pyridine rings is 1. The SMILES string of the molecule is Cc1cncc(-c2ccc(CN)o2)c1. The monoisotopic (exact) mass is 188 g/mol. The average Bonchev–Trinajstić information content (AvgIpc) is 2.66. The molecular weight excluding hydrogens is 176 g/mol. The molecule has 0 saturated carbocycles. The van der Waals surface area contributed by atoms with Crippen LogP contribution in [0.25, 0.3) is 11.3 Å². The summed E-state index contributed by atoms with van der Waals surface area (Å²) < 4.78 is 5.51. The van der Waals surface area contributed by atoms with E-state index in [9.17, 15) is 0 Å². The van der Waals surface area contributed by atoms with Gasteiger partial charge >= 0.3 is 0 Å². The molecule has 72 valence electrons. The fourth-order valence-electron chi connectivity index (χ4n) is 1.33. The van der Waals surface area contributed by atoms with Gasteiger partial charge in [-0.3, -0.25) is 4.98 Å². The fourth-order valence-corrected chi connectivity index (χ4v) is 1.33. The minimum absolute atomic E-state index is 0.430. The van der Waals surface area contributed by atoms with Crippen molar-refractivity contribution in [1.82, 2.24) is 4.98 Å². The minimum atomic E-state index is 0.430. The lowest BCUT2D eigenvalue weighted by molar-refractivity contribution is 0.525. The molecule has 0 atom stereocenters. The highest BCUT2D eigenvalue weighted by Gasteiger charge is 2.03. The Hall–Kier alpha value is -1.61. The van der Waals surface area contributed by atoms with E-state index < -0.39 is 0 Å². The summed E-state index contributed by atoms with van der Waals surface area (Å²) in [5, 5.41) is 0. The molecule has 0 saturated heterocycles. The number of hydrogen-bond acceptors (Lipinski definition) is 3. The van der Waals surface area contributed by atoms with Gasteiger partial charge < -0.3 is 10.2 Å². The molecule has 2 N–H and O–H groups in total. The lowest BCUT2D eigenvalue weighted by Crippen LogP contribution is -1.92. The zero-order valence-electron chi connectivity index (χ0n) is 8.03. The summed E-state index contributed by atoms with van der Waals surface area (Å²) in [6.45, 7) is 2.43. The number of hydrogen-bond donors (Lipinski definition) is 1. The summed E-state index contributed by atoms with van der Waals surface area (Å²) in [6, 6.07) is 5.84. The Kier molecular flexibility index (Phi) is 2.33. The van der Waals surface area contributed by atoms with Crippen LogP contribution in [0.4, 0.5) is 0 Å². The summed E-state index contributed by atoms with van der Waals surface area (Å²) in [4.78, 5) is 4.10. The first-order valence-electron chi connectivity index (χ1n) is 4.50. The summed E-state index contributed by atoms with van der Waals surface area (Å²) in [5.74, 6) is 1.61. The molecule has 14 heavy (non-hydrogen) atoms. The number of rotatable bonds is 2. The van der Waals surface area contributed by atoms with Crippen molar-refractivity contribution in [2.45, 2.75) is 13.5 Å². The van der Waals surface area contributed by atoms with E-state index in [2.05, 4.69) is 4.98 Å². The first-order chi connectivity index (χ1) is 6.79. The Bertz CT molecular complexity index is 434. The standard InChI is InChI=1S/C11H12N2O/c1-8-4-9(7-13-6-8)11-3-2-10(5-12)14-11/h2-4,6-7H,5,12H2,1H3. The van der Waals surface area contributed by atoms with Crippen LogP contribution >= 0.6 is 0 Å². The molecule has 0 aliphatic rings. The minimum Gasteiger partial charge on any atom is -0.460 e. The topological polar surface area (TPSA) is 52.0 Å². The van der Waals surface area contributed by atoms with Crippen molar-refractivity contribution < 1.29 is 4.42 Å². The Labute approximate surface area is 82.6 Å². The van der Waals surface area contributed by atoms with Crippen LogP contribution in [0, 0.1) is 6.92 Å². The first kappa shape index (κ1) is 8.97. The average molecular weight is 188 g/mol. The van der Waals surface area contributed by atoms with Crippen LogP contribution in [-0.4, -0.2) is 4.98 Å². The van der Waals surface area contributed by atoms with E-state index in [0.29, 0.717) is 6.54 Å². The van der Waals surface area contributed by atoms with Crippen LogP contribution < -0.4 is 5.73 Å². The number of aromatic nitrogens is 1. The maximum atomic E-state index is 5.51. The van der Waals surface area contributed by atoms with Gasteiger partial charge in [-0.15, -0.1) is 0 Å². The van der Waals surface area contributed by atoms with Crippen molar-refractivity contribution in [3.8, 4) is 11.3 Å². The molecule has 2 heterocycles. The number of nitrogens with two attached hydrogens (primary N) is 1. The van der Waals surface area contributed by atoms with Gasteiger partial charge in [-0.2, -0.15) is 0 Å². The van der Waals surface area contributed by atoms with Crippen molar-refractivity contribution in [3.05, 3.63) is 41.9 Å². The largest absolute Gasteiger partial charge is 0.460 e. The van der Waals surface area contributed by atoms with Gasteiger partial charge in [-0.1, -0.05) is 0 Å². The second-order valence-corrected chi connectivity index (χ2v) is 3.22. The van der Waals surface area contributed by atoms with E-state index in [0.717, 1.165) is 22.6 Å². The quantitative estimate of drug-likeness (QED) is 0.785. The Morgan fingerprint density at radius 1 is 1.36 bits per heavy atom. The number of aryl methyl sites for hydroxylation is 1. The predicted octanol–water partition coefficient (Wildman–Crippen LogP) is 2.11. The van der Waals surface area contributed by atoms with Crippen molar-refractivity contribution in [1.29, 1.82) is 0 Å². The smallest absolute Gasteiger partial charge is 0.135 e. The molecular formula is C11H12N2O. The molecule has 0 aliphatic carbocycles. The van der Waals surface area contributed by atoms with Crippen LogP contribution in [0.1, 0.15) is 11.3 Å². The van der Waals surface area contributed by atoms with E-state index in [1.54, 1.807) is 6.20 Å². The third-order valence-electron chi connectivity index (χ3n) is 2.02. The summed E-state index contributed by atoms with van der Waals surface area (Å²) >= 11 is 0. The van der Waals surface area contributed by atoms with E-state index >= 15 is 0 Å². The molecule has 0 spiro atoms. The van der Waals surface area contributed by atoms with Gasteiger partial charge in [0.25, 0.3) is 0 Å². The van der Waals surface area contributed by atoms with Gasteiger partial charge in [0.05, 0.1) is 6.54 Å². The summed E-state index contributed by atoms with van der Waals surface area (Å²) in [7, 11) is 0. The molecule has 0 radical (unpaired) electrons. The van der Waals surface area contributed by atoms with Crippen LogP contribution in [0.5, 0.6) is 0 Å². The van der Waals surface area contributed by atoms with Crippen LogP contribution in [0.2, 0.25) is 0 Å². The first-order valence-corrected chi connectivity index (χ1v) is 4.50. The maximum Gasteiger partial charge on any atom is 0.135 e. The van der Waals surface area contributed by atoms with Crippen molar-refractivity contribution >= 4 is 0 Å². The molecule has 0 bridgehead atoms. The highest BCUT2D eigenvalue weighted by Crippen LogP contribution is 2.21. The van der Waals surface area contributed by atoms with Gasteiger partial charge in [0, 0.05) is 18.0 Å². The van der Waals surface area contributed by atoms with E-state index in [-0.39, 0.29) is 0 Å². The van der Waals surface area contributed by atoms with Gasteiger partial charge in [0.15, 0.2) is 0 Å². The van der Waals surface area contributed by atoms with Crippen molar-refractivity contribution in [3.63, 3.8) is 0 Å². The second kappa shape index (κ2) is 3.64. The molecule has 3 heteroatoms. The third kappa shape index (κ3) is 1.67. The van der Waals surface area contributed by atoms with Crippen LogP contribution in [-0.2, 0) is 6.54 Å². The molecule has 2 aromatic rings. The van der Waals surface area contributed by atoms with Crippen molar-refractivity contribution in [2.24, 2.45) is 5.73 Å². The van der Waals surface area contributed by atoms with Gasteiger partial charge in [-0.05, 0) is 30.7 Å². The highest BCUT2D eigenvalue weighted by molar-refractivity contribution is 5.56. The molecule has 0 aliphatic heterocycles. The zero-order chi connectivity index (χ0) is 9.97. The number of furan rings is 1. The van der Waals surface area contributed by atoms with Gasteiger partial charge in [-0.25, -0.2) is 0 Å². The Morgan fingerprint density at radius 2 is 2.21 bits per heavy atom. The fraction of sp³-hybridized carbons (Fsp3) is 0.182. The lowest BCUT2D eigenvalue weighted by Gasteiger charge is -1.97. The molecule has 0 aromatic carbocycles. The lowest BCUT2D eigenvalue weighted by atomic mass is 10.2. The molecule has 2 aromatic heterocycles. The maximum absolute atomic E-state index is 5.51. The highest BCUT2D eigenvalue weighted by atomic mass is 16.3. The molecule has 0 fully saturated rings. The normalized spacial score (nSPS) is 10.4. The van der Waals surface area contributed by atoms with Crippen LogP contribution in [0.15, 0.2) is 35.0 Å². The Balaban J connectivity index is 2.39. The summed E-state index contributed by atoms with van der Waals surface area (Å²) in [5.41, 5.74) is 7.57. The molecule has 2 rings (SSSR count). The predicted molar refractivity (Wildman–Crippen MR) is 54.6 cm³/mol.